The van der Waals surface area contributed by atoms with E-state index in [9.17, 15) is 0 Å². The topological polar surface area (TPSA) is 0 Å². The minimum absolute atomic E-state index is 1.00. The predicted octanol–water partition coefficient (Wildman–Crippen LogP) is 7.68. The third kappa shape index (κ3) is 14.2. The van der Waals surface area contributed by atoms with E-state index in [1.54, 1.807) is 0 Å². The zero-order valence-electron chi connectivity index (χ0n) is 14.6. The molecule has 0 rings (SSSR count). The Bertz CT molecular complexity index is 192. The Morgan fingerprint density at radius 3 is 1.80 bits per heavy atom. The van der Waals surface area contributed by atoms with Gasteiger partial charge in [-0.2, -0.15) is 0 Å². The Morgan fingerprint density at radius 1 is 0.550 bits per heavy atom. The maximum absolute atomic E-state index is 2.43. The van der Waals surface area contributed by atoms with E-state index in [0.717, 1.165) is 5.92 Å². The van der Waals surface area contributed by atoms with Crippen LogP contribution in [0.4, 0.5) is 0 Å². The number of hydrogen-bond acceptors (Lipinski definition) is 0. The molecule has 0 saturated carbocycles. The number of rotatable bonds is 15. The lowest BCUT2D eigenvalue weighted by Gasteiger charge is -2.15. The number of hydrogen-bond donors (Lipinski definition) is 0. The molecule has 0 aromatic carbocycles. The van der Waals surface area contributed by atoms with Gasteiger partial charge in [0.2, 0.25) is 0 Å². The molecule has 0 radical (unpaired) electrons. The van der Waals surface area contributed by atoms with Crippen molar-refractivity contribution in [2.75, 3.05) is 0 Å². The third-order valence-corrected chi connectivity index (χ3v) is 4.29. The fourth-order valence-corrected chi connectivity index (χ4v) is 2.97. The predicted molar refractivity (Wildman–Crippen MR) is 94.3 cm³/mol. The summed E-state index contributed by atoms with van der Waals surface area (Å²) >= 11 is 0. The van der Waals surface area contributed by atoms with E-state index in [1.807, 2.05) is 0 Å². The quantitative estimate of drug-likeness (QED) is 0.213. The lowest BCUT2D eigenvalue weighted by atomic mass is 9.91. The fraction of sp³-hybridized carbons (Fsp3) is 0.900. The van der Waals surface area contributed by atoms with E-state index >= 15 is 0 Å². The van der Waals surface area contributed by atoms with Gasteiger partial charge in [-0.3, -0.25) is 0 Å². The smallest absolute Gasteiger partial charge is 0.0351 e. The van der Waals surface area contributed by atoms with Crippen LogP contribution in [0.2, 0.25) is 0 Å². The highest BCUT2D eigenvalue weighted by Crippen LogP contribution is 2.21. The van der Waals surface area contributed by atoms with Gasteiger partial charge in [-0.05, 0) is 31.6 Å². The monoisotopic (exact) mass is 280 g/mol. The average molecular weight is 281 g/mol. The van der Waals surface area contributed by atoms with E-state index in [-0.39, 0.29) is 0 Å². The lowest BCUT2D eigenvalue weighted by molar-refractivity contribution is 0.389. The summed E-state index contributed by atoms with van der Waals surface area (Å²) in [5, 5.41) is 0. The maximum Gasteiger partial charge on any atom is -0.0351 e. The first-order valence-corrected chi connectivity index (χ1v) is 9.50. The van der Waals surface area contributed by atoms with Gasteiger partial charge in [-0.1, -0.05) is 97.1 Å². The molecule has 120 valence electrons. The van der Waals surface area contributed by atoms with Crippen LogP contribution in [0.15, 0.2) is 12.2 Å². The van der Waals surface area contributed by atoms with Crippen LogP contribution in [0.1, 0.15) is 111 Å². The molecule has 1 unspecified atom stereocenters. The van der Waals surface area contributed by atoms with Crippen LogP contribution < -0.4 is 0 Å². The molecule has 0 bridgehead atoms. The van der Waals surface area contributed by atoms with Gasteiger partial charge in [0.05, 0.1) is 0 Å². The lowest BCUT2D eigenvalue weighted by Crippen LogP contribution is -2.00. The van der Waals surface area contributed by atoms with Crippen molar-refractivity contribution in [1.29, 1.82) is 0 Å². The Hall–Kier alpha value is -0.260. The first-order chi connectivity index (χ1) is 9.85. The van der Waals surface area contributed by atoms with Gasteiger partial charge < -0.3 is 0 Å². The maximum atomic E-state index is 2.43. The van der Waals surface area contributed by atoms with Gasteiger partial charge in [0, 0.05) is 0 Å². The average Bonchev–Trinajstić information content (AvgIpc) is 2.45. The van der Waals surface area contributed by atoms with Gasteiger partial charge in [-0.15, -0.1) is 0 Å². The van der Waals surface area contributed by atoms with Gasteiger partial charge in [0.1, 0.15) is 0 Å². The minimum Gasteiger partial charge on any atom is -0.0885 e. The molecule has 0 fully saturated rings. The number of unbranched alkanes of at least 4 members (excludes halogenated alkanes) is 7. The molecular formula is C20H40. The molecule has 0 spiro atoms. The molecule has 0 aromatic rings. The van der Waals surface area contributed by atoms with Crippen molar-refractivity contribution in [2.45, 2.75) is 111 Å². The molecular weight excluding hydrogens is 240 g/mol. The van der Waals surface area contributed by atoms with Crippen LogP contribution in [0.25, 0.3) is 0 Å². The van der Waals surface area contributed by atoms with Gasteiger partial charge >= 0.3 is 0 Å². The Balaban J connectivity index is 3.49. The van der Waals surface area contributed by atoms with Crippen molar-refractivity contribution in [3.05, 3.63) is 12.2 Å². The fourth-order valence-electron chi connectivity index (χ4n) is 2.97. The highest BCUT2D eigenvalue weighted by Gasteiger charge is 2.06. The summed E-state index contributed by atoms with van der Waals surface area (Å²) in [6.07, 6.45) is 24.4. The van der Waals surface area contributed by atoms with Crippen LogP contribution in [0, 0.1) is 5.92 Å². The van der Waals surface area contributed by atoms with Crippen LogP contribution in [0.3, 0.4) is 0 Å². The van der Waals surface area contributed by atoms with Crippen LogP contribution >= 0.6 is 0 Å². The second-order valence-corrected chi connectivity index (χ2v) is 6.40. The van der Waals surface area contributed by atoms with Crippen molar-refractivity contribution in [3.8, 4) is 0 Å². The molecule has 0 heterocycles. The molecule has 20 heavy (non-hydrogen) atoms. The van der Waals surface area contributed by atoms with Gasteiger partial charge in [-0.25, -0.2) is 0 Å². The van der Waals surface area contributed by atoms with E-state index in [4.69, 9.17) is 0 Å². The van der Waals surface area contributed by atoms with E-state index in [0.29, 0.717) is 0 Å². The zero-order chi connectivity index (χ0) is 14.9. The summed E-state index contributed by atoms with van der Waals surface area (Å²) in [7, 11) is 0. The second kappa shape index (κ2) is 16.8. The van der Waals surface area contributed by atoms with Crippen molar-refractivity contribution in [2.24, 2.45) is 5.92 Å². The summed E-state index contributed by atoms with van der Waals surface area (Å²) < 4.78 is 0. The standard InChI is InChI=1S/C20H40/c1-4-7-9-10-11-12-13-14-16-19-20(17-6-3)18-15-8-5-2/h12-13,20H,4-11,14-19H2,1-3H3. The molecule has 0 amide bonds. The molecule has 1 atom stereocenters. The van der Waals surface area contributed by atoms with E-state index in [2.05, 4.69) is 32.9 Å². The zero-order valence-corrected chi connectivity index (χ0v) is 14.6. The molecule has 0 N–H and O–H groups in total. The SMILES string of the molecule is CCCCCCC=CCCCC(CCC)CCCCC. The highest BCUT2D eigenvalue weighted by molar-refractivity contribution is 4.81. The van der Waals surface area contributed by atoms with Crippen molar-refractivity contribution in [1.82, 2.24) is 0 Å². The van der Waals surface area contributed by atoms with Gasteiger partial charge in [0.25, 0.3) is 0 Å². The molecule has 0 aliphatic rings. The van der Waals surface area contributed by atoms with Crippen molar-refractivity contribution in [3.63, 3.8) is 0 Å². The van der Waals surface area contributed by atoms with Crippen LogP contribution in [-0.4, -0.2) is 0 Å². The highest BCUT2D eigenvalue weighted by atomic mass is 14.1. The molecule has 0 aliphatic carbocycles. The summed E-state index contributed by atoms with van der Waals surface area (Å²) in [4.78, 5) is 0. The largest absolute Gasteiger partial charge is 0.0885 e. The summed E-state index contributed by atoms with van der Waals surface area (Å²) in [6, 6.07) is 0. The van der Waals surface area contributed by atoms with Crippen LogP contribution in [-0.2, 0) is 0 Å². The molecule has 0 heteroatoms. The Labute approximate surface area is 129 Å². The van der Waals surface area contributed by atoms with Crippen molar-refractivity contribution >= 4 is 0 Å². The summed E-state index contributed by atoms with van der Waals surface area (Å²) in [5.41, 5.74) is 0. The Morgan fingerprint density at radius 2 is 1.15 bits per heavy atom. The molecule has 0 aromatic heterocycles. The van der Waals surface area contributed by atoms with Crippen molar-refractivity contribution < 1.29 is 0 Å². The minimum atomic E-state index is 1.00. The van der Waals surface area contributed by atoms with E-state index < -0.39 is 0 Å². The van der Waals surface area contributed by atoms with Crippen LogP contribution in [0.5, 0.6) is 0 Å². The molecule has 0 nitrogen and oxygen atoms in total. The Kier molecular flexibility index (Phi) is 16.6. The van der Waals surface area contributed by atoms with E-state index in [1.165, 1.54) is 89.9 Å². The molecule has 0 saturated heterocycles. The van der Waals surface area contributed by atoms with Gasteiger partial charge in [0.15, 0.2) is 0 Å². The normalized spacial score (nSPS) is 13.2. The first-order valence-electron chi connectivity index (χ1n) is 9.50. The summed E-state index contributed by atoms with van der Waals surface area (Å²) in [6.45, 7) is 6.92. The second-order valence-electron chi connectivity index (χ2n) is 6.40. The third-order valence-electron chi connectivity index (χ3n) is 4.29. The summed E-state index contributed by atoms with van der Waals surface area (Å²) in [5.74, 6) is 1.00. The molecule has 0 aliphatic heterocycles. The number of allylic oxidation sites excluding steroid dienone is 2. The first kappa shape index (κ1) is 19.7.